The molecule has 0 spiro atoms. The molecule has 0 saturated heterocycles. The van der Waals surface area contributed by atoms with E-state index in [2.05, 4.69) is 16.0 Å². The molecule has 46 heavy (non-hydrogen) atoms. The van der Waals surface area contributed by atoms with Crippen molar-refractivity contribution in [2.24, 2.45) is 0 Å². The van der Waals surface area contributed by atoms with E-state index < -0.39 is 17.1 Å². The van der Waals surface area contributed by atoms with Crippen LogP contribution in [0.3, 0.4) is 0 Å². The van der Waals surface area contributed by atoms with Gasteiger partial charge in [-0.25, -0.2) is 0 Å². The summed E-state index contributed by atoms with van der Waals surface area (Å²) in [5.41, 5.74) is 1.94. The Morgan fingerprint density at radius 2 is 1.57 bits per heavy atom. The standard InChI is InChI=1S/C35H34ClN3O6S/c1-5-45-30-17-10-9-14-24(30)18-29(39-34(41)23-12-7-6-8-13-23)35(42)37-25-15-11-16-26(19-25)46-22(2)33(40)38-28-20-27(36)31(43-3)21-32(28)44-4/h6-22H,5H2,1-4H3,(H,37,42)(H,38,40)(H,39,41)/b29-18+. The van der Waals surface area contributed by atoms with E-state index in [1.807, 2.05) is 25.1 Å². The van der Waals surface area contributed by atoms with Crippen LogP contribution in [-0.2, 0) is 9.59 Å². The second kappa shape index (κ2) is 16.4. The molecular weight excluding hydrogens is 626 g/mol. The van der Waals surface area contributed by atoms with Crippen molar-refractivity contribution < 1.29 is 28.6 Å². The molecule has 0 bridgehead atoms. The highest BCUT2D eigenvalue weighted by Gasteiger charge is 2.20. The van der Waals surface area contributed by atoms with Crippen LogP contribution in [0.5, 0.6) is 17.2 Å². The summed E-state index contributed by atoms with van der Waals surface area (Å²) in [6, 6.07) is 26.1. The molecule has 1 atom stereocenters. The third kappa shape index (κ3) is 9.06. The summed E-state index contributed by atoms with van der Waals surface area (Å²) in [5.74, 6) is 0.157. The second-order valence-corrected chi connectivity index (χ2v) is 11.6. The lowest BCUT2D eigenvalue weighted by Crippen LogP contribution is -2.30. The zero-order chi connectivity index (χ0) is 33.1. The summed E-state index contributed by atoms with van der Waals surface area (Å²) in [7, 11) is 2.98. The van der Waals surface area contributed by atoms with E-state index in [1.165, 1.54) is 26.0 Å². The molecule has 0 fully saturated rings. The molecule has 4 aromatic carbocycles. The molecule has 0 saturated carbocycles. The van der Waals surface area contributed by atoms with Gasteiger partial charge in [0.05, 0.1) is 36.8 Å². The van der Waals surface area contributed by atoms with Gasteiger partial charge in [-0.3, -0.25) is 14.4 Å². The van der Waals surface area contributed by atoms with Crippen LogP contribution >= 0.6 is 23.4 Å². The molecule has 11 heteroatoms. The van der Waals surface area contributed by atoms with Crippen molar-refractivity contribution >= 4 is 58.5 Å². The largest absolute Gasteiger partial charge is 0.495 e. The molecule has 4 rings (SSSR count). The number of ether oxygens (including phenoxy) is 3. The Labute approximate surface area is 277 Å². The Balaban J connectivity index is 1.51. The molecule has 0 aliphatic rings. The smallest absolute Gasteiger partial charge is 0.272 e. The molecule has 0 aliphatic heterocycles. The normalized spacial score (nSPS) is 11.6. The summed E-state index contributed by atoms with van der Waals surface area (Å²) >= 11 is 7.55. The number of rotatable bonds is 13. The molecule has 0 aromatic heterocycles. The van der Waals surface area contributed by atoms with Crippen LogP contribution < -0.4 is 30.2 Å². The van der Waals surface area contributed by atoms with Crippen molar-refractivity contribution in [3.63, 3.8) is 0 Å². The maximum absolute atomic E-state index is 13.6. The van der Waals surface area contributed by atoms with E-state index in [0.29, 0.717) is 51.4 Å². The maximum atomic E-state index is 13.6. The Morgan fingerprint density at radius 1 is 0.848 bits per heavy atom. The van der Waals surface area contributed by atoms with Gasteiger partial charge in [-0.1, -0.05) is 54.1 Å². The number of thioether (sulfide) groups is 1. The average molecular weight is 660 g/mol. The van der Waals surface area contributed by atoms with Crippen LogP contribution in [0.4, 0.5) is 11.4 Å². The highest BCUT2D eigenvalue weighted by molar-refractivity contribution is 8.00. The zero-order valence-electron chi connectivity index (χ0n) is 25.8. The van der Waals surface area contributed by atoms with Gasteiger partial charge in [0.2, 0.25) is 5.91 Å². The number of para-hydroxylation sites is 1. The first kappa shape index (κ1) is 34.0. The van der Waals surface area contributed by atoms with Gasteiger partial charge in [0, 0.05) is 27.8 Å². The zero-order valence-corrected chi connectivity index (χ0v) is 27.3. The van der Waals surface area contributed by atoms with Crippen molar-refractivity contribution in [3.8, 4) is 17.2 Å². The van der Waals surface area contributed by atoms with Crippen molar-refractivity contribution in [2.75, 3.05) is 31.5 Å². The lowest BCUT2D eigenvalue weighted by molar-refractivity contribution is -0.115. The molecule has 238 valence electrons. The number of amides is 3. The first-order valence-electron chi connectivity index (χ1n) is 14.3. The average Bonchev–Trinajstić information content (AvgIpc) is 3.06. The third-order valence-electron chi connectivity index (χ3n) is 6.55. The number of carbonyl (C=O) groups excluding carboxylic acids is 3. The highest BCUT2D eigenvalue weighted by atomic mass is 35.5. The van der Waals surface area contributed by atoms with Crippen molar-refractivity contribution in [2.45, 2.75) is 24.0 Å². The van der Waals surface area contributed by atoms with E-state index >= 15 is 0 Å². The molecule has 4 aromatic rings. The first-order chi connectivity index (χ1) is 22.2. The topological polar surface area (TPSA) is 115 Å². The fourth-order valence-corrected chi connectivity index (χ4v) is 5.45. The summed E-state index contributed by atoms with van der Waals surface area (Å²) in [6.07, 6.45) is 1.58. The molecule has 3 amide bonds. The number of nitrogens with one attached hydrogen (secondary N) is 3. The van der Waals surface area contributed by atoms with Crippen LogP contribution in [0.25, 0.3) is 6.08 Å². The SMILES string of the molecule is CCOc1ccccc1/C=C(/NC(=O)c1ccccc1)C(=O)Nc1cccc(SC(C)C(=O)Nc2cc(Cl)c(OC)cc2OC)c1. The summed E-state index contributed by atoms with van der Waals surface area (Å²) in [4.78, 5) is 40.5. The predicted molar refractivity (Wildman–Crippen MR) is 183 cm³/mol. The minimum atomic E-state index is -0.535. The molecule has 0 radical (unpaired) electrons. The summed E-state index contributed by atoms with van der Waals surface area (Å²) in [5, 5.41) is 8.27. The lowest BCUT2D eigenvalue weighted by Gasteiger charge is -2.16. The van der Waals surface area contributed by atoms with E-state index in [9.17, 15) is 14.4 Å². The maximum Gasteiger partial charge on any atom is 0.272 e. The van der Waals surface area contributed by atoms with Crippen molar-refractivity contribution in [1.29, 1.82) is 0 Å². The van der Waals surface area contributed by atoms with Crippen molar-refractivity contribution in [3.05, 3.63) is 113 Å². The van der Waals surface area contributed by atoms with Crippen LogP contribution in [0.2, 0.25) is 5.02 Å². The second-order valence-electron chi connectivity index (χ2n) is 9.77. The van der Waals surface area contributed by atoms with E-state index in [0.717, 1.165) is 4.90 Å². The highest BCUT2D eigenvalue weighted by Crippen LogP contribution is 2.36. The number of carbonyl (C=O) groups is 3. The Bertz CT molecular complexity index is 1730. The number of hydrogen-bond donors (Lipinski definition) is 3. The van der Waals surface area contributed by atoms with Gasteiger partial charge in [0.25, 0.3) is 11.8 Å². The van der Waals surface area contributed by atoms with E-state index in [1.54, 1.807) is 85.8 Å². The Hall–Kier alpha value is -4.93. The Kier molecular flexibility index (Phi) is 12.1. The number of hydrogen-bond acceptors (Lipinski definition) is 7. The lowest BCUT2D eigenvalue weighted by atomic mass is 10.1. The van der Waals surface area contributed by atoms with Gasteiger partial charge in [-0.2, -0.15) is 0 Å². The third-order valence-corrected chi connectivity index (χ3v) is 7.94. The summed E-state index contributed by atoms with van der Waals surface area (Å²) < 4.78 is 16.3. The number of anilines is 2. The van der Waals surface area contributed by atoms with Gasteiger partial charge in [0.15, 0.2) is 0 Å². The predicted octanol–water partition coefficient (Wildman–Crippen LogP) is 7.28. The monoisotopic (exact) mass is 659 g/mol. The van der Waals surface area contributed by atoms with E-state index in [4.69, 9.17) is 25.8 Å². The quantitative estimate of drug-likeness (QED) is 0.102. The van der Waals surface area contributed by atoms with Crippen LogP contribution in [0, 0.1) is 0 Å². The van der Waals surface area contributed by atoms with Crippen LogP contribution in [0.15, 0.2) is 102 Å². The van der Waals surface area contributed by atoms with Gasteiger partial charge >= 0.3 is 0 Å². The van der Waals surface area contributed by atoms with Crippen LogP contribution in [-0.4, -0.2) is 43.8 Å². The number of halogens is 1. The van der Waals surface area contributed by atoms with Gasteiger partial charge in [-0.05, 0) is 62.4 Å². The van der Waals surface area contributed by atoms with Gasteiger partial charge in [0.1, 0.15) is 22.9 Å². The number of methoxy groups -OCH3 is 2. The van der Waals surface area contributed by atoms with E-state index in [-0.39, 0.29) is 11.6 Å². The fourth-order valence-electron chi connectivity index (χ4n) is 4.28. The minimum Gasteiger partial charge on any atom is -0.495 e. The van der Waals surface area contributed by atoms with Gasteiger partial charge in [-0.15, -0.1) is 11.8 Å². The first-order valence-corrected chi connectivity index (χ1v) is 15.6. The molecule has 3 N–H and O–H groups in total. The van der Waals surface area contributed by atoms with Crippen LogP contribution in [0.1, 0.15) is 29.8 Å². The molecule has 0 heterocycles. The Morgan fingerprint density at radius 3 is 2.28 bits per heavy atom. The minimum absolute atomic E-state index is 0.0268. The summed E-state index contributed by atoms with van der Waals surface area (Å²) in [6.45, 7) is 4.07. The molecular formula is C35H34ClN3O6S. The van der Waals surface area contributed by atoms with Gasteiger partial charge < -0.3 is 30.2 Å². The van der Waals surface area contributed by atoms with Crippen molar-refractivity contribution in [1.82, 2.24) is 5.32 Å². The fraction of sp³-hybridized carbons (Fsp3) is 0.171. The molecule has 0 aliphatic carbocycles. The molecule has 1 unspecified atom stereocenters. The number of benzene rings is 4. The molecule has 9 nitrogen and oxygen atoms in total.